The minimum absolute atomic E-state index is 0.0248. The Labute approximate surface area is 755 Å². The number of pyridine rings is 2. The lowest BCUT2D eigenvalue weighted by Gasteiger charge is -2.32. The number of aromatic nitrogens is 3. The van der Waals surface area contributed by atoms with E-state index < -0.39 is 13.1 Å². The summed E-state index contributed by atoms with van der Waals surface area (Å²) in [6.45, 7) is 11.3. The fourth-order valence-corrected chi connectivity index (χ4v) is 16.2. The molecule has 6 aromatic carbocycles. The number of fused-ring (bicyclic) bond motifs is 3. The van der Waals surface area contributed by atoms with E-state index in [9.17, 15) is 37.1 Å². The molecule has 0 unspecified atom stereocenters. The molecule has 0 atom stereocenters. The molecule has 4 aliphatic carbocycles. The van der Waals surface area contributed by atoms with Crippen molar-refractivity contribution >= 4 is 88.4 Å². The largest absolute Gasteiger partial charge is 0.493 e. The van der Waals surface area contributed by atoms with Crippen molar-refractivity contribution in [2.45, 2.75) is 104 Å². The second-order valence-electron chi connectivity index (χ2n) is 32.0. The monoisotopic (exact) mass is 1780 g/mol. The smallest absolute Gasteiger partial charge is 0.454 e. The van der Waals surface area contributed by atoms with Gasteiger partial charge >= 0.3 is 13.1 Å². The van der Waals surface area contributed by atoms with Crippen LogP contribution in [0.4, 0.5) is 13.2 Å². The van der Waals surface area contributed by atoms with Crippen molar-refractivity contribution in [2.75, 3.05) is 109 Å². The number of halogens is 3. The maximum atomic E-state index is 14.4. The molecule has 2 fully saturated rings. The molecule has 130 heavy (non-hydrogen) atoms. The van der Waals surface area contributed by atoms with Gasteiger partial charge in [-0.05, 0) is 267 Å². The number of allylic oxidation sites excluding steroid dienone is 6. The number of nitrogens with one attached hydrogen (secondary N) is 4. The molecule has 0 radical (unpaired) electrons. The van der Waals surface area contributed by atoms with Gasteiger partial charge in [0, 0.05) is 102 Å². The molecule has 1 saturated carbocycles. The molecule has 682 valence electrons. The van der Waals surface area contributed by atoms with Crippen LogP contribution in [0, 0.1) is 17.5 Å². The number of ether oxygens (including phenoxy) is 10. The number of benzene rings is 6. The van der Waals surface area contributed by atoms with Crippen LogP contribution in [-0.4, -0.2) is 186 Å². The summed E-state index contributed by atoms with van der Waals surface area (Å²) < 4.78 is 102. The Hall–Kier alpha value is -13.4. The van der Waals surface area contributed by atoms with Crippen molar-refractivity contribution < 1.29 is 94.6 Å². The molecular weight excluding hydrogens is 1670 g/mol. The van der Waals surface area contributed by atoms with Crippen LogP contribution in [0.2, 0.25) is 6.32 Å². The van der Waals surface area contributed by atoms with E-state index >= 15 is 0 Å². The lowest BCUT2D eigenvalue weighted by atomic mass is 9.87. The third-order valence-electron chi connectivity index (χ3n) is 23.2. The fraction of sp³-hybridized carbons (Fsp3) is 0.330. The Bertz CT molecular complexity index is 5690. The van der Waals surface area contributed by atoms with E-state index in [1.807, 2.05) is 93.2 Å². The average Bonchev–Trinajstić information content (AvgIpc) is 1.63. The summed E-state index contributed by atoms with van der Waals surface area (Å²) in [6, 6.07) is 36.0. The highest BCUT2D eigenvalue weighted by Crippen LogP contribution is 2.50. The Kier molecular flexibility index (Phi) is 33.9. The van der Waals surface area contributed by atoms with Crippen molar-refractivity contribution in [3.05, 3.63) is 259 Å². The predicted molar refractivity (Wildman–Crippen MR) is 494 cm³/mol. The van der Waals surface area contributed by atoms with Crippen LogP contribution in [0.1, 0.15) is 139 Å². The molecule has 5 aliphatic rings. The molecule has 4 heterocycles. The van der Waals surface area contributed by atoms with Crippen molar-refractivity contribution in [3.8, 4) is 51.7 Å². The molecule has 4 amide bonds. The van der Waals surface area contributed by atoms with Gasteiger partial charge < -0.3 is 88.2 Å². The van der Waals surface area contributed by atoms with Crippen molar-refractivity contribution in [1.29, 1.82) is 0 Å². The van der Waals surface area contributed by atoms with Crippen LogP contribution in [0.15, 0.2) is 175 Å². The minimum Gasteiger partial charge on any atom is -0.493 e. The normalized spacial score (nSPS) is 15.0. The fourth-order valence-electron chi connectivity index (χ4n) is 16.2. The van der Waals surface area contributed by atoms with Crippen LogP contribution < -0.4 is 63.9 Å². The van der Waals surface area contributed by atoms with Gasteiger partial charge in [-0.25, -0.2) is 18.0 Å². The molecular formula is C100H111BF3N9O17. The zero-order valence-corrected chi connectivity index (χ0v) is 75.1. The maximum Gasteiger partial charge on any atom is 0.454 e. The Morgan fingerprint density at radius 2 is 0.869 bits per heavy atom. The van der Waals surface area contributed by atoms with E-state index in [4.69, 9.17) is 57.4 Å². The quantitative estimate of drug-likeness (QED) is 0.0159. The van der Waals surface area contributed by atoms with Gasteiger partial charge in [0.05, 0.1) is 75.1 Å². The minimum atomic E-state index is -1.48. The number of piperazine rings is 1. The van der Waals surface area contributed by atoms with Gasteiger partial charge in [-0.3, -0.25) is 34.0 Å². The summed E-state index contributed by atoms with van der Waals surface area (Å²) in [5.74, 6) is 1.06. The van der Waals surface area contributed by atoms with E-state index in [1.165, 1.54) is 85.5 Å². The summed E-state index contributed by atoms with van der Waals surface area (Å²) >= 11 is 0. The van der Waals surface area contributed by atoms with Crippen LogP contribution in [0.5, 0.6) is 51.7 Å². The van der Waals surface area contributed by atoms with Gasteiger partial charge in [0.25, 0.3) is 5.91 Å². The summed E-state index contributed by atoms with van der Waals surface area (Å²) in [5, 5.41) is 30.1. The highest BCUT2D eigenvalue weighted by molar-refractivity contribution is 6.41. The average molecular weight is 1780 g/mol. The van der Waals surface area contributed by atoms with Gasteiger partial charge in [0.2, 0.25) is 35.0 Å². The lowest BCUT2D eigenvalue weighted by molar-refractivity contribution is -0.146. The topological polar surface area (TPSA) is 303 Å². The first-order chi connectivity index (χ1) is 62.8. The molecule has 30 heteroatoms. The second-order valence-corrected chi connectivity index (χ2v) is 32.0. The second kappa shape index (κ2) is 46.0. The molecule has 1 aliphatic heterocycles. The van der Waals surface area contributed by atoms with Crippen molar-refractivity contribution in [2.24, 2.45) is 7.05 Å². The van der Waals surface area contributed by atoms with Crippen LogP contribution in [-0.2, 0) is 55.4 Å². The molecule has 0 spiro atoms. The third-order valence-corrected chi connectivity index (χ3v) is 23.2. The standard InChI is InChI=1S/C36H41FN4O6.C35H38FN3O5.C29H32BFN2O6/c1-24-29(28-8-7-27(37)19-31(28)30(24)20-34(42)39-22-25-6-5-9-38-21-25)16-26-17-32(44-3)36(33(18-26)45-4)47-23-35(43)46-15-14-41-12-10-40(2)11-13-41;1-22-28(27-12-11-25(36)17-30(27)29(22)18-33(40)38-20-23-8-7-13-37-19-23)14-24-15-31(42-2)35(32(16-24)43-3)44-21-34(41)39-26-9-5-4-6-10-26;1-18-23(12-19-13-26(37-3)29(27(14-19)38-4)39-11-9-30(35)36)22-8-7-20(31)15-25(22)24(18)16-28(34)32-17-21-6-5-10-33(21)2/h5-9,16-19,21H,10-15,20,22-23H2,1-4H3,(H,39,42);7-8,11-17,19,26H,4-6,9-10,18,20-21H2,1-3H3,(H,38,40)(H,39,41);5-8,10,12-15,35-36H,9,11,16-17H2,1-4H3,(H,32,34)/b29-16-;28-14-;23-12-. The van der Waals surface area contributed by atoms with Gasteiger partial charge in [-0.1, -0.05) is 49.6 Å². The molecule has 14 rings (SSSR count). The molecule has 3 aromatic heterocycles. The van der Waals surface area contributed by atoms with E-state index in [2.05, 4.69) is 48.1 Å². The molecule has 0 bridgehead atoms. The summed E-state index contributed by atoms with van der Waals surface area (Å²) in [4.78, 5) is 76.6. The first-order valence-corrected chi connectivity index (χ1v) is 43.1. The van der Waals surface area contributed by atoms with Crippen LogP contribution >= 0.6 is 0 Å². The number of nitrogens with zero attached hydrogens (tertiary/aromatic N) is 5. The Balaban J connectivity index is 0.000000177. The molecule has 26 nitrogen and oxygen atoms in total. The van der Waals surface area contributed by atoms with E-state index in [0.29, 0.717) is 95.5 Å². The number of amides is 4. The summed E-state index contributed by atoms with van der Waals surface area (Å²) in [5.41, 5.74) is 17.0. The number of hydrogen-bond acceptors (Lipinski definition) is 21. The molecule has 1 saturated heterocycles. The van der Waals surface area contributed by atoms with Gasteiger partial charge in [-0.15, -0.1) is 0 Å². The van der Waals surface area contributed by atoms with Crippen molar-refractivity contribution in [3.63, 3.8) is 0 Å². The van der Waals surface area contributed by atoms with E-state index in [0.717, 1.165) is 152 Å². The van der Waals surface area contributed by atoms with Crippen molar-refractivity contribution in [1.82, 2.24) is 45.6 Å². The van der Waals surface area contributed by atoms with Crippen LogP contribution in [0.3, 0.4) is 0 Å². The third kappa shape index (κ3) is 25.1. The predicted octanol–water partition coefficient (Wildman–Crippen LogP) is 14.6. The zero-order valence-electron chi connectivity index (χ0n) is 75.1. The highest BCUT2D eigenvalue weighted by atomic mass is 19.1. The number of carbonyl (C=O) groups excluding carboxylic acids is 5. The number of likely N-dealkylation sites (N-methyl/N-ethyl adjacent to an activating group) is 1. The lowest BCUT2D eigenvalue weighted by Crippen LogP contribution is -2.45. The van der Waals surface area contributed by atoms with Gasteiger partial charge in [0.1, 0.15) is 24.1 Å². The highest BCUT2D eigenvalue weighted by Gasteiger charge is 2.32. The zero-order chi connectivity index (χ0) is 92.5. The summed E-state index contributed by atoms with van der Waals surface area (Å²) in [7, 11) is 11.6. The van der Waals surface area contributed by atoms with E-state index in [1.54, 1.807) is 79.4 Å². The Morgan fingerprint density at radius 1 is 0.469 bits per heavy atom. The first kappa shape index (κ1) is 95.7. The maximum absolute atomic E-state index is 14.4. The number of methoxy groups -OCH3 is 6. The van der Waals surface area contributed by atoms with Gasteiger partial charge in [0.15, 0.2) is 47.7 Å². The first-order valence-electron chi connectivity index (χ1n) is 43.1. The number of aryl methyl sites for hydroxylation is 1. The van der Waals surface area contributed by atoms with E-state index in [-0.39, 0.29) is 98.3 Å². The number of esters is 1. The number of rotatable bonds is 35. The summed E-state index contributed by atoms with van der Waals surface area (Å²) in [6.07, 6.45) is 20.3. The molecule has 6 N–H and O–H groups in total. The Morgan fingerprint density at radius 3 is 1.25 bits per heavy atom. The number of hydrogen-bond donors (Lipinski definition) is 6. The van der Waals surface area contributed by atoms with Gasteiger partial charge in [-0.2, -0.15) is 0 Å². The number of carbonyl (C=O) groups is 5. The SMILES string of the molecule is COc1cc(/C=C2/C(C)=C(CC(=O)NCc3cccn3C)c3cc(F)ccc32)cc(OC)c1OCCB(O)O.COc1cc(/C=C2/C(C)=C(CC(=O)NCc3cccnc3)c3cc(F)ccc32)cc(OC)c1OCC(=O)NC1CCCCC1.COc1cc(/C=C2/C(C)=C(CC(=O)NCc3cccnc3)c3cc(F)ccc32)cc(OC)c1OCC(=O)OCCN1CCN(C)CC1. The van der Waals surface area contributed by atoms with Crippen LogP contribution in [0.25, 0.3) is 51.7 Å². The molecule has 9 aromatic rings.